The number of carbonyl (C=O) groups is 3. The van der Waals surface area contributed by atoms with Crippen molar-refractivity contribution in [1.82, 2.24) is 0 Å². The molecule has 0 aromatic heterocycles. The maximum absolute atomic E-state index is 12.7. The molecule has 0 fully saturated rings. The van der Waals surface area contributed by atoms with Crippen LogP contribution >= 0.6 is 0 Å². The fourth-order valence-corrected chi connectivity index (χ4v) is 5.97. The van der Waals surface area contributed by atoms with Crippen molar-refractivity contribution in [2.75, 3.05) is 13.2 Å². The molecule has 53 heavy (non-hydrogen) atoms. The zero-order valence-electron chi connectivity index (χ0n) is 34.8. The molecule has 0 amide bonds. The third-order valence-corrected chi connectivity index (χ3v) is 9.32. The summed E-state index contributed by atoms with van der Waals surface area (Å²) in [6.07, 6.45) is 48.1. The molecule has 0 spiro atoms. The van der Waals surface area contributed by atoms with Crippen LogP contribution in [0.4, 0.5) is 0 Å². The summed E-state index contributed by atoms with van der Waals surface area (Å²) in [6.45, 7) is 6.43. The molecule has 0 aliphatic rings. The highest BCUT2D eigenvalue weighted by Crippen LogP contribution is 2.13. The van der Waals surface area contributed by atoms with Gasteiger partial charge in [0.15, 0.2) is 6.10 Å². The van der Waals surface area contributed by atoms with Crippen LogP contribution < -0.4 is 0 Å². The minimum atomic E-state index is -0.778. The van der Waals surface area contributed by atoms with Crippen molar-refractivity contribution in [2.45, 2.75) is 219 Å². The number of unbranched alkanes of at least 4 members (excludes halogenated alkanes) is 20. The highest BCUT2D eigenvalue weighted by atomic mass is 16.6. The lowest BCUT2D eigenvalue weighted by molar-refractivity contribution is -0.167. The second-order valence-electron chi connectivity index (χ2n) is 14.6. The smallest absolute Gasteiger partial charge is 0.306 e. The molecule has 1 unspecified atom stereocenters. The standard InChI is InChI=1S/C47H82O6/c1-4-7-10-13-16-19-21-22-23-24-26-28-31-34-37-40-46(49)52-43-44(42-51-45(48)39-36-33-30-27-18-15-12-9-6-3)53-47(50)41-38-35-32-29-25-20-17-14-11-8-5-2/h7,10,14,16-17,19,22-23,44H,4-6,8-9,11-13,15,18,20-21,24-43H2,1-3H3/b10-7-,17-14-,19-16-,23-22-. The molecule has 306 valence electrons. The first-order valence-electron chi connectivity index (χ1n) is 22.1. The first-order chi connectivity index (χ1) is 26.0. The Labute approximate surface area is 327 Å². The van der Waals surface area contributed by atoms with Crippen molar-refractivity contribution < 1.29 is 28.6 Å². The average molecular weight is 743 g/mol. The van der Waals surface area contributed by atoms with Gasteiger partial charge in [-0.05, 0) is 70.6 Å². The molecule has 0 radical (unpaired) electrons. The van der Waals surface area contributed by atoms with Gasteiger partial charge >= 0.3 is 17.9 Å². The van der Waals surface area contributed by atoms with Gasteiger partial charge in [0, 0.05) is 19.3 Å². The fraction of sp³-hybridized carbons (Fsp3) is 0.766. The van der Waals surface area contributed by atoms with Gasteiger partial charge in [0.05, 0.1) is 0 Å². The lowest BCUT2D eigenvalue weighted by atomic mass is 10.1. The number of rotatable bonds is 39. The molecule has 0 aliphatic carbocycles. The van der Waals surface area contributed by atoms with Gasteiger partial charge in [0.25, 0.3) is 0 Å². The Kier molecular flexibility index (Phi) is 40.0. The Bertz CT molecular complexity index is 949. The SMILES string of the molecule is CC/C=C\C/C=C\C/C=C\CCCCCCCC(=O)OCC(COC(=O)CCCCCCCCCCC)OC(=O)CCCCCCC/C=C\CCCC. The predicted octanol–water partition coefficient (Wildman–Crippen LogP) is 14.0. The number of allylic oxidation sites excluding steroid dienone is 8. The quantitative estimate of drug-likeness (QED) is 0.0270. The van der Waals surface area contributed by atoms with Gasteiger partial charge in [-0.15, -0.1) is 0 Å². The van der Waals surface area contributed by atoms with Gasteiger partial charge in [-0.2, -0.15) is 0 Å². The lowest BCUT2D eigenvalue weighted by Gasteiger charge is -2.18. The lowest BCUT2D eigenvalue weighted by Crippen LogP contribution is -2.30. The number of ether oxygens (including phenoxy) is 3. The molecule has 0 aromatic rings. The molecule has 0 aliphatic heterocycles. The van der Waals surface area contributed by atoms with Crippen LogP contribution in [0, 0.1) is 0 Å². The summed E-state index contributed by atoms with van der Waals surface area (Å²) in [5.41, 5.74) is 0. The molecule has 0 bridgehead atoms. The molecule has 0 heterocycles. The zero-order valence-corrected chi connectivity index (χ0v) is 34.8. The summed E-state index contributed by atoms with van der Waals surface area (Å²) in [7, 11) is 0. The fourth-order valence-electron chi connectivity index (χ4n) is 5.97. The van der Waals surface area contributed by atoms with Crippen molar-refractivity contribution in [1.29, 1.82) is 0 Å². The number of esters is 3. The van der Waals surface area contributed by atoms with Gasteiger partial charge in [-0.3, -0.25) is 14.4 Å². The van der Waals surface area contributed by atoms with Crippen LogP contribution in [-0.4, -0.2) is 37.2 Å². The van der Waals surface area contributed by atoms with E-state index in [1.807, 2.05) is 0 Å². The van der Waals surface area contributed by atoms with Crippen LogP contribution in [0.25, 0.3) is 0 Å². The van der Waals surface area contributed by atoms with Crippen LogP contribution in [0.15, 0.2) is 48.6 Å². The molecular weight excluding hydrogens is 661 g/mol. The van der Waals surface area contributed by atoms with Crippen molar-refractivity contribution in [2.24, 2.45) is 0 Å². The highest BCUT2D eigenvalue weighted by molar-refractivity contribution is 5.71. The normalized spacial score (nSPS) is 12.4. The summed E-state index contributed by atoms with van der Waals surface area (Å²) in [6, 6.07) is 0. The second kappa shape index (κ2) is 42.1. The van der Waals surface area contributed by atoms with Crippen molar-refractivity contribution in [3.8, 4) is 0 Å². The molecule has 1 atom stereocenters. The highest BCUT2D eigenvalue weighted by Gasteiger charge is 2.19. The third-order valence-electron chi connectivity index (χ3n) is 9.32. The molecule has 0 N–H and O–H groups in total. The van der Waals surface area contributed by atoms with E-state index >= 15 is 0 Å². The number of hydrogen-bond donors (Lipinski definition) is 0. The first-order valence-corrected chi connectivity index (χ1v) is 22.1. The Hall–Kier alpha value is -2.63. The van der Waals surface area contributed by atoms with Gasteiger partial charge < -0.3 is 14.2 Å². The van der Waals surface area contributed by atoms with E-state index in [2.05, 4.69) is 69.4 Å². The van der Waals surface area contributed by atoms with Crippen LogP contribution in [-0.2, 0) is 28.6 Å². The largest absolute Gasteiger partial charge is 0.462 e. The van der Waals surface area contributed by atoms with Gasteiger partial charge in [-0.1, -0.05) is 172 Å². The van der Waals surface area contributed by atoms with E-state index in [0.717, 1.165) is 109 Å². The van der Waals surface area contributed by atoms with Crippen LogP contribution in [0.5, 0.6) is 0 Å². The third kappa shape index (κ3) is 40.4. The van der Waals surface area contributed by atoms with Crippen LogP contribution in [0.3, 0.4) is 0 Å². The second-order valence-corrected chi connectivity index (χ2v) is 14.6. The first kappa shape index (κ1) is 50.4. The van der Waals surface area contributed by atoms with Gasteiger partial charge in [-0.25, -0.2) is 0 Å². The van der Waals surface area contributed by atoms with E-state index in [4.69, 9.17) is 14.2 Å². The monoisotopic (exact) mass is 743 g/mol. The molecule has 6 nitrogen and oxygen atoms in total. The average Bonchev–Trinajstić information content (AvgIpc) is 3.15. The molecule has 0 rings (SSSR count). The topological polar surface area (TPSA) is 78.9 Å². The van der Waals surface area contributed by atoms with Crippen molar-refractivity contribution >= 4 is 17.9 Å². The molecule has 0 aromatic carbocycles. The minimum Gasteiger partial charge on any atom is -0.462 e. The minimum absolute atomic E-state index is 0.0813. The summed E-state index contributed by atoms with van der Waals surface area (Å²) >= 11 is 0. The summed E-state index contributed by atoms with van der Waals surface area (Å²) in [4.78, 5) is 37.6. The van der Waals surface area contributed by atoms with Crippen molar-refractivity contribution in [3.63, 3.8) is 0 Å². The Morgan fingerprint density at radius 1 is 0.396 bits per heavy atom. The van der Waals surface area contributed by atoms with E-state index in [1.54, 1.807) is 0 Å². The van der Waals surface area contributed by atoms with E-state index in [9.17, 15) is 14.4 Å². The molecule has 0 saturated heterocycles. The summed E-state index contributed by atoms with van der Waals surface area (Å²) in [5, 5.41) is 0. The number of carbonyl (C=O) groups excluding carboxylic acids is 3. The maximum atomic E-state index is 12.7. The summed E-state index contributed by atoms with van der Waals surface area (Å²) in [5.74, 6) is -0.914. The van der Waals surface area contributed by atoms with E-state index in [-0.39, 0.29) is 31.1 Å². The predicted molar refractivity (Wildman–Crippen MR) is 224 cm³/mol. The zero-order chi connectivity index (χ0) is 38.7. The van der Waals surface area contributed by atoms with Gasteiger partial charge in [0.1, 0.15) is 13.2 Å². The van der Waals surface area contributed by atoms with E-state index < -0.39 is 6.10 Å². The van der Waals surface area contributed by atoms with E-state index in [0.29, 0.717) is 19.3 Å². The van der Waals surface area contributed by atoms with Crippen molar-refractivity contribution in [3.05, 3.63) is 48.6 Å². The van der Waals surface area contributed by atoms with Gasteiger partial charge in [0.2, 0.25) is 0 Å². The molecular formula is C47H82O6. The Morgan fingerprint density at radius 2 is 0.755 bits per heavy atom. The number of hydrogen-bond acceptors (Lipinski definition) is 6. The maximum Gasteiger partial charge on any atom is 0.306 e. The van der Waals surface area contributed by atoms with Crippen LogP contribution in [0.2, 0.25) is 0 Å². The molecule has 0 saturated carbocycles. The molecule has 6 heteroatoms. The Morgan fingerprint density at radius 3 is 1.23 bits per heavy atom. The van der Waals surface area contributed by atoms with Crippen LogP contribution in [0.1, 0.15) is 213 Å². The Balaban J connectivity index is 4.38. The van der Waals surface area contributed by atoms with E-state index in [1.165, 1.54) is 64.2 Å². The summed E-state index contributed by atoms with van der Waals surface area (Å²) < 4.78 is 16.6.